The van der Waals surface area contributed by atoms with Gasteiger partial charge in [0.1, 0.15) is 5.82 Å². The second kappa shape index (κ2) is 6.56. The number of likely N-dealkylation sites (tertiary alicyclic amines) is 1. The number of carbonyl (C=O) groups excluding carboxylic acids is 1. The lowest BCUT2D eigenvalue weighted by Gasteiger charge is -2.36. The Balaban J connectivity index is 1.72. The zero-order chi connectivity index (χ0) is 16.4. The van der Waals surface area contributed by atoms with Gasteiger partial charge in [-0.15, -0.1) is 0 Å². The molecule has 1 aromatic heterocycles. The van der Waals surface area contributed by atoms with Gasteiger partial charge in [-0.05, 0) is 44.7 Å². The number of nitrogens with zero attached hydrogens (tertiary/aromatic N) is 3. The van der Waals surface area contributed by atoms with Gasteiger partial charge in [-0.1, -0.05) is 0 Å². The summed E-state index contributed by atoms with van der Waals surface area (Å²) in [4.78, 5) is 32.2. The van der Waals surface area contributed by atoms with E-state index in [4.69, 9.17) is 0 Å². The zero-order valence-electron chi connectivity index (χ0n) is 13.4. The van der Waals surface area contributed by atoms with Gasteiger partial charge in [-0.3, -0.25) is 9.59 Å². The van der Waals surface area contributed by atoms with Gasteiger partial charge in [-0.25, -0.2) is 4.98 Å². The van der Waals surface area contributed by atoms with Crippen molar-refractivity contribution in [3.8, 4) is 0 Å². The molecule has 2 unspecified atom stereocenters. The third-order valence-corrected chi connectivity index (χ3v) is 4.92. The number of carboxylic acids is 1. The Kier molecular flexibility index (Phi) is 4.50. The molecule has 3 heterocycles. The number of carboxylic acid groups (broad SMARTS) is 1. The van der Waals surface area contributed by atoms with E-state index in [0.29, 0.717) is 12.0 Å². The van der Waals surface area contributed by atoms with E-state index < -0.39 is 11.9 Å². The highest BCUT2D eigenvalue weighted by Crippen LogP contribution is 2.24. The molecule has 1 aromatic rings. The molecular formula is C17H23N3O3. The highest BCUT2D eigenvalue weighted by atomic mass is 16.4. The number of anilines is 1. The molecule has 0 radical (unpaired) electrons. The fourth-order valence-electron chi connectivity index (χ4n) is 3.40. The molecule has 2 fully saturated rings. The summed E-state index contributed by atoms with van der Waals surface area (Å²) in [5.41, 5.74) is 0.533. The van der Waals surface area contributed by atoms with Crippen LogP contribution in [-0.2, 0) is 4.79 Å². The average molecular weight is 317 g/mol. The van der Waals surface area contributed by atoms with Crippen molar-refractivity contribution in [2.45, 2.75) is 38.6 Å². The first-order valence-electron chi connectivity index (χ1n) is 8.31. The van der Waals surface area contributed by atoms with E-state index in [1.807, 2.05) is 13.0 Å². The van der Waals surface area contributed by atoms with E-state index in [-0.39, 0.29) is 18.5 Å². The van der Waals surface area contributed by atoms with Crippen molar-refractivity contribution in [3.05, 3.63) is 23.9 Å². The molecule has 2 saturated heterocycles. The molecule has 6 heteroatoms. The van der Waals surface area contributed by atoms with Crippen molar-refractivity contribution >= 4 is 17.7 Å². The minimum Gasteiger partial charge on any atom is -0.481 e. The normalized spacial score (nSPS) is 24.7. The number of carbonyl (C=O) groups is 2. The van der Waals surface area contributed by atoms with Crippen LogP contribution in [0.25, 0.3) is 0 Å². The number of piperidine rings is 1. The van der Waals surface area contributed by atoms with Gasteiger partial charge in [0.05, 0.1) is 11.5 Å². The fraction of sp³-hybridized carbons (Fsp3) is 0.588. The molecule has 0 aliphatic carbocycles. The van der Waals surface area contributed by atoms with E-state index >= 15 is 0 Å². The third kappa shape index (κ3) is 3.30. The van der Waals surface area contributed by atoms with Gasteiger partial charge in [-0.2, -0.15) is 0 Å². The van der Waals surface area contributed by atoms with Crippen LogP contribution in [-0.4, -0.2) is 52.5 Å². The van der Waals surface area contributed by atoms with Crippen LogP contribution < -0.4 is 4.90 Å². The molecular weight excluding hydrogens is 294 g/mol. The quantitative estimate of drug-likeness (QED) is 0.923. The highest BCUT2D eigenvalue weighted by Gasteiger charge is 2.33. The smallest absolute Gasteiger partial charge is 0.308 e. The van der Waals surface area contributed by atoms with Crippen LogP contribution in [0.3, 0.4) is 0 Å². The van der Waals surface area contributed by atoms with Crippen molar-refractivity contribution in [2.75, 3.05) is 24.5 Å². The predicted molar refractivity (Wildman–Crippen MR) is 86.5 cm³/mol. The van der Waals surface area contributed by atoms with Crippen LogP contribution in [0, 0.1) is 5.92 Å². The Morgan fingerprint density at radius 1 is 1.22 bits per heavy atom. The molecule has 0 bridgehead atoms. The topological polar surface area (TPSA) is 73.7 Å². The predicted octanol–water partition coefficient (Wildman–Crippen LogP) is 2.01. The first-order valence-corrected chi connectivity index (χ1v) is 8.31. The van der Waals surface area contributed by atoms with Gasteiger partial charge in [0.15, 0.2) is 0 Å². The molecule has 0 aromatic carbocycles. The lowest BCUT2D eigenvalue weighted by molar-refractivity contribution is -0.143. The number of aliphatic carboxylic acids is 1. The van der Waals surface area contributed by atoms with Gasteiger partial charge in [0.25, 0.3) is 5.91 Å². The second-order valence-electron chi connectivity index (χ2n) is 6.52. The number of hydrogen-bond donors (Lipinski definition) is 1. The maximum atomic E-state index is 12.7. The number of pyridine rings is 1. The largest absolute Gasteiger partial charge is 0.481 e. The minimum absolute atomic E-state index is 0.0661. The Morgan fingerprint density at radius 3 is 2.57 bits per heavy atom. The van der Waals surface area contributed by atoms with Crippen LogP contribution in [0.5, 0.6) is 0 Å². The van der Waals surface area contributed by atoms with Gasteiger partial charge in [0.2, 0.25) is 0 Å². The molecule has 1 N–H and O–H groups in total. The van der Waals surface area contributed by atoms with Crippen molar-refractivity contribution in [2.24, 2.45) is 5.92 Å². The van der Waals surface area contributed by atoms with Gasteiger partial charge < -0.3 is 14.9 Å². The number of hydrogen-bond acceptors (Lipinski definition) is 4. The van der Waals surface area contributed by atoms with Crippen LogP contribution in [0.1, 0.15) is 43.0 Å². The van der Waals surface area contributed by atoms with Crippen LogP contribution in [0.4, 0.5) is 5.82 Å². The standard InChI is InChI=1S/C17H23N3O3/c1-12-4-5-14(17(22)23)11-20(12)16(21)13-6-7-15(18-10-13)19-8-2-3-9-19/h6-7,10,12,14H,2-5,8-9,11H2,1H3,(H,22,23). The summed E-state index contributed by atoms with van der Waals surface area (Å²) in [7, 11) is 0. The lowest BCUT2D eigenvalue weighted by Crippen LogP contribution is -2.47. The van der Waals surface area contributed by atoms with Crippen molar-refractivity contribution < 1.29 is 14.7 Å². The monoisotopic (exact) mass is 317 g/mol. The molecule has 3 rings (SSSR count). The Labute approximate surface area is 136 Å². The number of amides is 1. The van der Waals surface area contributed by atoms with Crippen LogP contribution >= 0.6 is 0 Å². The van der Waals surface area contributed by atoms with Gasteiger partial charge in [0, 0.05) is 31.9 Å². The molecule has 1 amide bonds. The summed E-state index contributed by atoms with van der Waals surface area (Å²) < 4.78 is 0. The maximum absolute atomic E-state index is 12.7. The molecule has 0 spiro atoms. The third-order valence-electron chi connectivity index (χ3n) is 4.92. The van der Waals surface area contributed by atoms with Crippen molar-refractivity contribution in [1.82, 2.24) is 9.88 Å². The SMILES string of the molecule is CC1CCC(C(=O)O)CN1C(=O)c1ccc(N2CCCC2)nc1. The summed E-state index contributed by atoms with van der Waals surface area (Å²) in [6.07, 6.45) is 5.34. The second-order valence-corrected chi connectivity index (χ2v) is 6.52. The van der Waals surface area contributed by atoms with E-state index in [2.05, 4.69) is 9.88 Å². The first kappa shape index (κ1) is 15.8. The molecule has 0 saturated carbocycles. The van der Waals surface area contributed by atoms with Gasteiger partial charge >= 0.3 is 5.97 Å². The number of aromatic nitrogens is 1. The zero-order valence-corrected chi connectivity index (χ0v) is 13.4. The Hall–Kier alpha value is -2.11. The van der Waals surface area contributed by atoms with E-state index in [0.717, 1.165) is 25.3 Å². The Bertz CT molecular complexity index is 581. The molecule has 23 heavy (non-hydrogen) atoms. The summed E-state index contributed by atoms with van der Waals surface area (Å²) in [5, 5.41) is 9.20. The summed E-state index contributed by atoms with van der Waals surface area (Å²) in [5.74, 6) is -0.498. The van der Waals surface area contributed by atoms with E-state index in [9.17, 15) is 14.7 Å². The Morgan fingerprint density at radius 2 is 1.96 bits per heavy atom. The van der Waals surface area contributed by atoms with E-state index in [1.54, 1.807) is 17.2 Å². The van der Waals surface area contributed by atoms with Crippen LogP contribution in [0.2, 0.25) is 0 Å². The molecule has 124 valence electrons. The molecule has 6 nitrogen and oxygen atoms in total. The maximum Gasteiger partial charge on any atom is 0.308 e. The van der Waals surface area contributed by atoms with Crippen molar-refractivity contribution in [1.29, 1.82) is 0 Å². The summed E-state index contributed by atoms with van der Waals surface area (Å²) in [6.45, 7) is 4.29. The fourth-order valence-corrected chi connectivity index (χ4v) is 3.40. The first-order chi connectivity index (χ1) is 11.1. The van der Waals surface area contributed by atoms with Crippen molar-refractivity contribution in [3.63, 3.8) is 0 Å². The number of rotatable bonds is 3. The summed E-state index contributed by atoms with van der Waals surface area (Å²) in [6, 6.07) is 3.76. The van der Waals surface area contributed by atoms with E-state index in [1.165, 1.54) is 12.8 Å². The highest BCUT2D eigenvalue weighted by molar-refractivity contribution is 5.94. The minimum atomic E-state index is -0.822. The molecule has 2 aliphatic rings. The molecule has 2 atom stereocenters. The van der Waals surface area contributed by atoms with Crippen LogP contribution in [0.15, 0.2) is 18.3 Å². The molecule has 2 aliphatic heterocycles. The summed E-state index contributed by atoms with van der Waals surface area (Å²) >= 11 is 0. The average Bonchev–Trinajstić information content (AvgIpc) is 3.09. The lowest BCUT2D eigenvalue weighted by atomic mass is 9.93.